The molecule has 1 amide bonds. The van der Waals surface area contributed by atoms with Crippen LogP contribution in [0.4, 0.5) is 11.4 Å². The summed E-state index contributed by atoms with van der Waals surface area (Å²) in [5, 5.41) is 2.70. The largest absolute Gasteiger partial charge is 0.494 e. The van der Waals surface area contributed by atoms with Crippen molar-refractivity contribution in [1.82, 2.24) is 4.57 Å². The number of benzene rings is 2. The molecule has 0 saturated heterocycles. The van der Waals surface area contributed by atoms with Gasteiger partial charge in [0.25, 0.3) is 0 Å². The Balaban J connectivity index is 1.76. The van der Waals surface area contributed by atoms with Gasteiger partial charge in [-0.2, -0.15) is 0 Å². The van der Waals surface area contributed by atoms with Gasteiger partial charge in [-0.25, -0.2) is 8.42 Å². The molecule has 1 heterocycles. The molecular formula is C20H23N3O5S2. The van der Waals surface area contributed by atoms with Gasteiger partial charge >= 0.3 is 4.87 Å². The summed E-state index contributed by atoms with van der Waals surface area (Å²) in [5.74, 6) is 0.142. The van der Waals surface area contributed by atoms with Crippen molar-refractivity contribution in [3.63, 3.8) is 0 Å². The standard InChI is InChI=1S/C20H23N3O5S2/c1-4-11-28-16-8-6-15(7-9-16)23(30(3,26)27)13-19(24)21-14-5-10-17-18(12-14)29-20(25)22(17)2/h5-10,12H,4,11,13H2,1-3H3,(H,21,24). The number of nitrogens with one attached hydrogen (secondary N) is 1. The molecule has 0 radical (unpaired) electrons. The van der Waals surface area contributed by atoms with E-state index in [0.717, 1.165) is 38.5 Å². The van der Waals surface area contributed by atoms with Crippen LogP contribution in [-0.4, -0.2) is 38.3 Å². The van der Waals surface area contributed by atoms with Crippen LogP contribution >= 0.6 is 11.3 Å². The van der Waals surface area contributed by atoms with E-state index in [0.29, 0.717) is 23.7 Å². The first-order valence-corrected chi connectivity index (χ1v) is 12.0. The van der Waals surface area contributed by atoms with Crippen molar-refractivity contribution >= 4 is 48.9 Å². The average molecular weight is 450 g/mol. The summed E-state index contributed by atoms with van der Waals surface area (Å²) in [5.41, 5.74) is 1.63. The molecule has 10 heteroatoms. The van der Waals surface area contributed by atoms with Gasteiger partial charge < -0.3 is 14.6 Å². The minimum atomic E-state index is -3.68. The van der Waals surface area contributed by atoms with Crippen molar-refractivity contribution < 1.29 is 17.9 Å². The van der Waals surface area contributed by atoms with Crippen LogP contribution in [0.2, 0.25) is 0 Å². The molecule has 1 N–H and O–H groups in total. The zero-order chi connectivity index (χ0) is 21.9. The highest BCUT2D eigenvalue weighted by Gasteiger charge is 2.21. The molecule has 30 heavy (non-hydrogen) atoms. The third-order valence-electron chi connectivity index (χ3n) is 4.36. The molecule has 2 aromatic carbocycles. The summed E-state index contributed by atoms with van der Waals surface area (Å²) in [4.78, 5) is 24.2. The molecule has 3 rings (SSSR count). The van der Waals surface area contributed by atoms with E-state index in [1.165, 1.54) is 4.57 Å². The van der Waals surface area contributed by atoms with Crippen LogP contribution in [0.5, 0.6) is 5.75 Å². The lowest BCUT2D eigenvalue weighted by Gasteiger charge is -2.22. The van der Waals surface area contributed by atoms with E-state index in [4.69, 9.17) is 4.74 Å². The number of hydrogen-bond acceptors (Lipinski definition) is 6. The highest BCUT2D eigenvalue weighted by Crippen LogP contribution is 2.23. The lowest BCUT2D eigenvalue weighted by atomic mass is 10.3. The quantitative estimate of drug-likeness (QED) is 0.570. The van der Waals surface area contributed by atoms with Gasteiger partial charge in [-0.15, -0.1) is 0 Å². The monoisotopic (exact) mass is 449 g/mol. The molecule has 0 saturated carbocycles. The fourth-order valence-corrected chi connectivity index (χ4v) is 4.65. The summed E-state index contributed by atoms with van der Waals surface area (Å²) in [6, 6.07) is 11.7. The number of sulfonamides is 1. The van der Waals surface area contributed by atoms with E-state index in [-0.39, 0.29) is 11.4 Å². The molecule has 0 unspecified atom stereocenters. The fraction of sp³-hybridized carbons (Fsp3) is 0.300. The first kappa shape index (κ1) is 21.8. The van der Waals surface area contributed by atoms with E-state index in [9.17, 15) is 18.0 Å². The Kier molecular flexibility index (Phi) is 6.47. The summed E-state index contributed by atoms with van der Waals surface area (Å²) >= 11 is 1.08. The number of rotatable bonds is 8. The average Bonchev–Trinajstić information content (AvgIpc) is 2.97. The number of fused-ring (bicyclic) bond motifs is 1. The molecule has 0 aliphatic carbocycles. The SMILES string of the molecule is CCCOc1ccc(N(CC(=O)Nc2ccc3c(c2)sc(=O)n3C)S(C)(=O)=O)cc1. The second-order valence-corrected chi connectivity index (χ2v) is 9.67. The number of ether oxygens (including phenoxy) is 1. The van der Waals surface area contributed by atoms with Gasteiger partial charge in [-0.3, -0.25) is 13.9 Å². The van der Waals surface area contributed by atoms with Gasteiger partial charge in [-0.05, 0) is 48.9 Å². The van der Waals surface area contributed by atoms with E-state index < -0.39 is 15.9 Å². The molecule has 0 fully saturated rings. The lowest BCUT2D eigenvalue weighted by molar-refractivity contribution is -0.114. The Morgan fingerprint density at radius 2 is 1.90 bits per heavy atom. The number of carbonyl (C=O) groups is 1. The number of thiazole rings is 1. The van der Waals surface area contributed by atoms with Gasteiger partial charge in [0.1, 0.15) is 12.3 Å². The van der Waals surface area contributed by atoms with Crippen LogP contribution in [-0.2, 0) is 21.9 Å². The van der Waals surface area contributed by atoms with Crippen LogP contribution in [0.1, 0.15) is 13.3 Å². The van der Waals surface area contributed by atoms with Crippen molar-refractivity contribution in [1.29, 1.82) is 0 Å². The molecule has 0 spiro atoms. The maximum absolute atomic E-state index is 12.6. The van der Waals surface area contributed by atoms with Crippen molar-refractivity contribution in [2.75, 3.05) is 29.0 Å². The Morgan fingerprint density at radius 3 is 2.53 bits per heavy atom. The molecule has 1 aromatic heterocycles. The van der Waals surface area contributed by atoms with Crippen LogP contribution in [0.15, 0.2) is 47.3 Å². The number of carbonyl (C=O) groups excluding carboxylic acids is 1. The van der Waals surface area contributed by atoms with Crippen molar-refractivity contribution in [3.05, 3.63) is 52.1 Å². The molecule has 8 nitrogen and oxygen atoms in total. The molecule has 160 valence electrons. The Bertz CT molecular complexity index is 1210. The van der Waals surface area contributed by atoms with Crippen molar-refractivity contribution in [2.24, 2.45) is 7.05 Å². The minimum absolute atomic E-state index is 0.0944. The zero-order valence-corrected chi connectivity index (χ0v) is 18.5. The smallest absolute Gasteiger partial charge is 0.307 e. The Hall–Kier alpha value is -2.85. The first-order chi connectivity index (χ1) is 14.2. The molecular weight excluding hydrogens is 426 g/mol. The highest BCUT2D eigenvalue weighted by molar-refractivity contribution is 7.92. The van der Waals surface area contributed by atoms with Gasteiger partial charge in [0, 0.05) is 12.7 Å². The summed E-state index contributed by atoms with van der Waals surface area (Å²) < 4.78 is 33.4. The molecule has 0 bridgehead atoms. The number of hydrogen-bond donors (Lipinski definition) is 1. The Morgan fingerprint density at radius 1 is 1.20 bits per heavy atom. The van der Waals surface area contributed by atoms with E-state index in [2.05, 4.69) is 5.32 Å². The summed E-state index contributed by atoms with van der Waals surface area (Å²) in [6.07, 6.45) is 1.91. The highest BCUT2D eigenvalue weighted by atomic mass is 32.2. The maximum atomic E-state index is 12.6. The van der Waals surface area contributed by atoms with Crippen molar-refractivity contribution in [2.45, 2.75) is 13.3 Å². The lowest BCUT2D eigenvalue weighted by Crippen LogP contribution is -2.37. The van der Waals surface area contributed by atoms with Gasteiger partial charge in [0.15, 0.2) is 0 Å². The summed E-state index contributed by atoms with van der Waals surface area (Å²) in [6.45, 7) is 2.18. The first-order valence-electron chi connectivity index (χ1n) is 9.29. The normalized spacial score (nSPS) is 11.4. The van der Waals surface area contributed by atoms with E-state index in [1.54, 1.807) is 49.5 Å². The third-order valence-corrected chi connectivity index (χ3v) is 6.50. The van der Waals surface area contributed by atoms with Crippen LogP contribution in [0, 0.1) is 0 Å². The van der Waals surface area contributed by atoms with E-state index in [1.807, 2.05) is 6.92 Å². The van der Waals surface area contributed by atoms with Crippen LogP contribution < -0.4 is 19.2 Å². The zero-order valence-electron chi connectivity index (χ0n) is 16.9. The second-order valence-electron chi connectivity index (χ2n) is 6.77. The predicted molar refractivity (Wildman–Crippen MR) is 120 cm³/mol. The predicted octanol–water partition coefficient (Wildman–Crippen LogP) is 2.79. The number of nitrogens with zero attached hydrogens (tertiary/aromatic N) is 2. The van der Waals surface area contributed by atoms with Crippen molar-refractivity contribution in [3.8, 4) is 5.75 Å². The summed E-state index contributed by atoms with van der Waals surface area (Å²) in [7, 11) is -2.00. The number of anilines is 2. The molecule has 0 aliphatic heterocycles. The number of amides is 1. The van der Waals surface area contributed by atoms with Gasteiger partial charge in [0.2, 0.25) is 15.9 Å². The third kappa shape index (κ3) is 5.00. The van der Waals surface area contributed by atoms with Gasteiger partial charge in [-0.1, -0.05) is 18.3 Å². The minimum Gasteiger partial charge on any atom is -0.494 e. The van der Waals surface area contributed by atoms with Gasteiger partial charge in [0.05, 0.1) is 28.8 Å². The maximum Gasteiger partial charge on any atom is 0.307 e. The van der Waals surface area contributed by atoms with Crippen LogP contribution in [0.25, 0.3) is 10.2 Å². The van der Waals surface area contributed by atoms with Crippen LogP contribution in [0.3, 0.4) is 0 Å². The second kappa shape index (κ2) is 8.88. The van der Waals surface area contributed by atoms with E-state index >= 15 is 0 Å². The topological polar surface area (TPSA) is 97.7 Å². The number of aromatic nitrogens is 1. The number of aryl methyl sites for hydroxylation is 1. The Labute approximate surface area is 178 Å². The molecule has 0 aliphatic rings. The fourth-order valence-electron chi connectivity index (χ4n) is 2.87. The molecule has 3 aromatic rings. The molecule has 0 atom stereocenters.